The molecule has 2 N–H and O–H groups in total. The summed E-state index contributed by atoms with van der Waals surface area (Å²) in [5.41, 5.74) is 6.00. The van der Waals surface area contributed by atoms with Crippen molar-refractivity contribution in [2.75, 3.05) is 0 Å². The Morgan fingerprint density at radius 1 is 0.528 bits per heavy atom. The average molecular weight is 481 g/mol. The van der Waals surface area contributed by atoms with Gasteiger partial charge in [-0.05, 0) is 84.3 Å². The number of phenolic OH excluding ortho intramolecular Hbond substituents is 2. The molecule has 0 radical (unpaired) electrons. The topological polar surface area (TPSA) is 74.6 Å². The minimum Gasteiger partial charge on any atom is -0.508 e. The molecule has 0 saturated carbocycles. The molecule has 4 nitrogen and oxygen atoms in total. The number of aryl methyl sites for hydroxylation is 2. The lowest BCUT2D eigenvalue weighted by molar-refractivity contribution is -0.117. The van der Waals surface area contributed by atoms with Crippen LogP contribution in [0, 0.1) is 0 Å². The van der Waals surface area contributed by atoms with Crippen LogP contribution in [0.15, 0.2) is 97.1 Å². The summed E-state index contributed by atoms with van der Waals surface area (Å²) in [6.07, 6.45) is 2.10. The maximum absolute atomic E-state index is 11.0. The van der Waals surface area contributed by atoms with Crippen molar-refractivity contribution >= 4 is 11.6 Å². The molecule has 0 fully saturated rings. The number of hydrogen-bond donors (Lipinski definition) is 2. The number of rotatable bonds is 8. The van der Waals surface area contributed by atoms with Crippen LogP contribution in [0.4, 0.5) is 0 Å². The molecule has 184 valence electrons. The van der Waals surface area contributed by atoms with Crippen molar-refractivity contribution in [3.63, 3.8) is 0 Å². The van der Waals surface area contributed by atoms with Crippen molar-refractivity contribution in [1.29, 1.82) is 0 Å². The number of Topliss-reactive ketones (excluding diaryl/α,β-unsaturated/α-hetero) is 2. The SMILES string of the molecule is CC(=O)CCc1cc(-c2ccccc2)ccc1O.CC(=O)CCc1cc(-c2ccccc2)ccc1O. The van der Waals surface area contributed by atoms with E-state index in [2.05, 4.69) is 0 Å². The predicted octanol–water partition coefficient (Wildman–Crippen LogP) is 7.16. The molecule has 0 aliphatic heterocycles. The molecule has 0 spiro atoms. The molecule has 4 aromatic rings. The zero-order valence-electron chi connectivity index (χ0n) is 20.8. The van der Waals surface area contributed by atoms with Crippen molar-refractivity contribution in [3.05, 3.63) is 108 Å². The maximum Gasteiger partial charge on any atom is 0.130 e. The average Bonchev–Trinajstić information content (AvgIpc) is 2.89. The minimum atomic E-state index is 0.138. The van der Waals surface area contributed by atoms with Crippen LogP contribution < -0.4 is 0 Å². The molecule has 36 heavy (non-hydrogen) atoms. The number of phenols is 2. The summed E-state index contributed by atoms with van der Waals surface area (Å²) in [6, 6.07) is 31.1. The Kier molecular flexibility index (Phi) is 9.58. The second kappa shape index (κ2) is 13.1. The second-order valence-electron chi connectivity index (χ2n) is 8.82. The van der Waals surface area contributed by atoms with E-state index in [1.165, 1.54) is 0 Å². The van der Waals surface area contributed by atoms with Crippen molar-refractivity contribution in [2.24, 2.45) is 0 Å². The van der Waals surface area contributed by atoms with E-state index in [1.807, 2.05) is 84.9 Å². The van der Waals surface area contributed by atoms with Gasteiger partial charge in [0.05, 0.1) is 0 Å². The number of benzene rings is 4. The molecule has 0 atom stereocenters. The zero-order chi connectivity index (χ0) is 25.9. The Bertz CT molecular complexity index is 1190. The molecule has 0 saturated heterocycles. The molecule has 0 aliphatic carbocycles. The van der Waals surface area contributed by atoms with Gasteiger partial charge in [0.1, 0.15) is 23.1 Å². The molecule has 0 unspecified atom stereocenters. The van der Waals surface area contributed by atoms with Crippen LogP contribution >= 0.6 is 0 Å². The van der Waals surface area contributed by atoms with Crippen LogP contribution in [-0.2, 0) is 22.4 Å². The van der Waals surface area contributed by atoms with Crippen molar-refractivity contribution in [1.82, 2.24) is 0 Å². The zero-order valence-corrected chi connectivity index (χ0v) is 20.8. The highest BCUT2D eigenvalue weighted by molar-refractivity contribution is 5.76. The molecule has 0 bridgehead atoms. The van der Waals surface area contributed by atoms with E-state index >= 15 is 0 Å². The molecule has 4 heteroatoms. The summed E-state index contributed by atoms with van der Waals surface area (Å²) in [7, 11) is 0. The first-order valence-electron chi connectivity index (χ1n) is 12.1. The van der Waals surface area contributed by atoms with Crippen LogP contribution in [0.25, 0.3) is 22.3 Å². The largest absolute Gasteiger partial charge is 0.508 e. The number of aromatic hydroxyl groups is 2. The molecule has 4 rings (SSSR count). The molecule has 0 amide bonds. The lowest BCUT2D eigenvalue weighted by atomic mass is 9.99. The Labute approximate surface area is 212 Å². The summed E-state index contributed by atoms with van der Waals surface area (Å²) in [6.45, 7) is 3.14. The Hall–Kier alpha value is -4.18. The summed E-state index contributed by atoms with van der Waals surface area (Å²) < 4.78 is 0. The normalized spacial score (nSPS) is 10.3. The second-order valence-corrected chi connectivity index (χ2v) is 8.82. The van der Waals surface area contributed by atoms with Gasteiger partial charge in [0, 0.05) is 12.8 Å². The standard InChI is InChI=1S/2C16H16O2/c2*1-12(17)7-8-15-11-14(9-10-16(15)18)13-5-3-2-4-6-13/h2*2-6,9-11,18H,7-8H2,1H3. The molecular formula is C32H32O4. The van der Waals surface area contributed by atoms with Crippen molar-refractivity contribution < 1.29 is 19.8 Å². The lowest BCUT2D eigenvalue weighted by Gasteiger charge is -2.07. The summed E-state index contributed by atoms with van der Waals surface area (Å²) in [5.74, 6) is 0.797. The fourth-order valence-electron chi connectivity index (χ4n) is 3.81. The molecule has 0 aliphatic rings. The Morgan fingerprint density at radius 2 is 0.889 bits per heavy atom. The van der Waals surface area contributed by atoms with Crippen molar-refractivity contribution in [3.8, 4) is 33.8 Å². The van der Waals surface area contributed by atoms with Gasteiger partial charge in [0.15, 0.2) is 0 Å². The molecule has 4 aromatic carbocycles. The predicted molar refractivity (Wildman–Crippen MR) is 145 cm³/mol. The van der Waals surface area contributed by atoms with E-state index in [0.717, 1.165) is 33.4 Å². The van der Waals surface area contributed by atoms with Crippen molar-refractivity contribution in [2.45, 2.75) is 39.5 Å². The fourth-order valence-corrected chi connectivity index (χ4v) is 3.81. The number of hydrogen-bond acceptors (Lipinski definition) is 4. The first kappa shape index (κ1) is 26.4. The smallest absolute Gasteiger partial charge is 0.130 e. The third-order valence-corrected chi connectivity index (χ3v) is 5.87. The Morgan fingerprint density at radius 3 is 1.22 bits per heavy atom. The highest BCUT2D eigenvalue weighted by atomic mass is 16.3. The van der Waals surface area contributed by atoms with Crippen LogP contribution in [0.1, 0.15) is 37.8 Å². The van der Waals surface area contributed by atoms with Crippen LogP contribution in [0.3, 0.4) is 0 Å². The highest BCUT2D eigenvalue weighted by Crippen LogP contribution is 2.28. The van der Waals surface area contributed by atoms with E-state index < -0.39 is 0 Å². The highest BCUT2D eigenvalue weighted by Gasteiger charge is 2.07. The van der Waals surface area contributed by atoms with Gasteiger partial charge in [0.2, 0.25) is 0 Å². The maximum atomic E-state index is 11.0. The van der Waals surface area contributed by atoms with Gasteiger partial charge in [0.25, 0.3) is 0 Å². The van der Waals surface area contributed by atoms with E-state index in [1.54, 1.807) is 26.0 Å². The van der Waals surface area contributed by atoms with Gasteiger partial charge in [-0.25, -0.2) is 0 Å². The van der Waals surface area contributed by atoms with Gasteiger partial charge < -0.3 is 19.8 Å². The number of carbonyl (C=O) groups excluding carboxylic acids is 2. The fraction of sp³-hybridized carbons (Fsp3) is 0.188. The first-order valence-corrected chi connectivity index (χ1v) is 12.1. The van der Waals surface area contributed by atoms with Gasteiger partial charge in [-0.3, -0.25) is 0 Å². The molecular weight excluding hydrogens is 448 g/mol. The lowest BCUT2D eigenvalue weighted by Crippen LogP contribution is -1.94. The number of carbonyl (C=O) groups is 2. The van der Waals surface area contributed by atoms with Crippen LogP contribution in [0.2, 0.25) is 0 Å². The van der Waals surface area contributed by atoms with Gasteiger partial charge in [-0.2, -0.15) is 0 Å². The van der Waals surface area contributed by atoms with Gasteiger partial charge >= 0.3 is 0 Å². The third kappa shape index (κ3) is 7.95. The van der Waals surface area contributed by atoms with Crippen LogP contribution in [-0.4, -0.2) is 21.8 Å². The first-order chi connectivity index (χ1) is 17.3. The van der Waals surface area contributed by atoms with Gasteiger partial charge in [-0.1, -0.05) is 72.8 Å². The van der Waals surface area contributed by atoms with Crippen LogP contribution in [0.5, 0.6) is 11.5 Å². The minimum absolute atomic E-state index is 0.138. The quantitative estimate of drug-likeness (QED) is 0.281. The van der Waals surface area contributed by atoms with E-state index in [4.69, 9.17) is 0 Å². The van der Waals surface area contributed by atoms with E-state index in [9.17, 15) is 19.8 Å². The van der Waals surface area contributed by atoms with E-state index in [-0.39, 0.29) is 23.1 Å². The third-order valence-electron chi connectivity index (χ3n) is 5.87. The van der Waals surface area contributed by atoms with E-state index in [0.29, 0.717) is 25.7 Å². The molecule has 0 heterocycles. The molecule has 0 aromatic heterocycles. The summed E-state index contributed by atoms with van der Waals surface area (Å²) >= 11 is 0. The summed E-state index contributed by atoms with van der Waals surface area (Å²) in [4.78, 5) is 22.0. The monoisotopic (exact) mass is 480 g/mol. The van der Waals surface area contributed by atoms with Gasteiger partial charge in [-0.15, -0.1) is 0 Å². The Balaban J connectivity index is 0.000000201. The summed E-state index contributed by atoms with van der Waals surface area (Å²) in [5, 5.41) is 19.6. The number of ketones is 2.